The molecule has 0 aliphatic heterocycles. The maximum absolute atomic E-state index is 12.9. The number of carbonyl (C=O) groups is 3. The Balaban J connectivity index is 4.40. The third kappa shape index (κ3) is 67.4. The van der Waals surface area contributed by atoms with Crippen LogP contribution < -0.4 is 0 Å². The van der Waals surface area contributed by atoms with Gasteiger partial charge in [-0.2, -0.15) is 0 Å². The number of hydrogen-bond acceptors (Lipinski definition) is 6. The zero-order chi connectivity index (χ0) is 59.9. The van der Waals surface area contributed by atoms with Crippen molar-refractivity contribution in [3.8, 4) is 0 Å². The lowest BCUT2D eigenvalue weighted by Crippen LogP contribution is -2.30. The second-order valence-corrected chi connectivity index (χ2v) is 21.6. The Morgan fingerprint density at radius 2 is 0.470 bits per heavy atom. The average Bonchev–Trinajstić information content (AvgIpc) is 3.49. The van der Waals surface area contributed by atoms with Crippen LogP contribution in [0.4, 0.5) is 0 Å². The first kappa shape index (κ1) is 77.8. The Labute approximate surface area is 511 Å². The second-order valence-electron chi connectivity index (χ2n) is 21.6. The van der Waals surface area contributed by atoms with Gasteiger partial charge < -0.3 is 14.2 Å². The van der Waals surface area contributed by atoms with Gasteiger partial charge >= 0.3 is 17.9 Å². The van der Waals surface area contributed by atoms with Crippen LogP contribution in [0, 0.1) is 0 Å². The van der Waals surface area contributed by atoms with Crippen molar-refractivity contribution in [1.82, 2.24) is 0 Å². The molecule has 0 saturated heterocycles. The molecule has 0 rings (SSSR count). The minimum absolute atomic E-state index is 0.108. The van der Waals surface area contributed by atoms with Crippen LogP contribution >= 0.6 is 0 Å². The molecule has 0 N–H and O–H groups in total. The van der Waals surface area contributed by atoms with E-state index >= 15 is 0 Å². The van der Waals surface area contributed by atoms with Crippen LogP contribution in [0.15, 0.2) is 170 Å². The van der Waals surface area contributed by atoms with Gasteiger partial charge in [-0.3, -0.25) is 14.4 Å². The second kappa shape index (κ2) is 69.3. The molecule has 0 aromatic heterocycles. The summed E-state index contributed by atoms with van der Waals surface area (Å²) in [6, 6.07) is 0. The molecule has 0 aliphatic rings. The fraction of sp³-hybridized carbons (Fsp3) is 0.597. The monoisotopic (exact) mass is 1140 g/mol. The van der Waals surface area contributed by atoms with Gasteiger partial charge in [-0.15, -0.1) is 0 Å². The van der Waals surface area contributed by atoms with E-state index in [-0.39, 0.29) is 37.5 Å². The van der Waals surface area contributed by atoms with Crippen LogP contribution in [0.3, 0.4) is 0 Å². The van der Waals surface area contributed by atoms with Gasteiger partial charge in [0.15, 0.2) is 6.10 Å². The summed E-state index contributed by atoms with van der Waals surface area (Å²) in [4.78, 5) is 38.4. The lowest BCUT2D eigenvalue weighted by molar-refractivity contribution is -0.167. The van der Waals surface area contributed by atoms with E-state index in [4.69, 9.17) is 14.2 Å². The summed E-state index contributed by atoms with van der Waals surface area (Å²) in [5.74, 6) is -0.969. The summed E-state index contributed by atoms with van der Waals surface area (Å²) in [7, 11) is 0. The Morgan fingerprint density at radius 3 is 0.771 bits per heavy atom. The molecule has 0 aromatic carbocycles. The molecule has 0 fully saturated rings. The van der Waals surface area contributed by atoms with Gasteiger partial charge in [-0.05, 0) is 154 Å². The van der Waals surface area contributed by atoms with Gasteiger partial charge in [0, 0.05) is 19.3 Å². The minimum Gasteiger partial charge on any atom is -0.462 e. The molecule has 83 heavy (non-hydrogen) atoms. The molecule has 0 spiro atoms. The third-order valence-corrected chi connectivity index (χ3v) is 13.7. The zero-order valence-corrected chi connectivity index (χ0v) is 53.4. The molecule has 1 atom stereocenters. The average molecular weight is 1140 g/mol. The summed E-state index contributed by atoms with van der Waals surface area (Å²) in [5, 5.41) is 0. The maximum Gasteiger partial charge on any atom is 0.306 e. The largest absolute Gasteiger partial charge is 0.462 e. The van der Waals surface area contributed by atoms with E-state index in [1.807, 2.05) is 0 Å². The SMILES string of the molecule is CC/C=C\C/C=C\C/C=C\C/C=C\C/C=C\C/C=C\C/C=C\CCCCCCCCCCCC(=O)OCC(COC(=O)CCCCCCC/C=C\CCCCCC)OC(=O)CCCC/C=C\C/C=C\C/C=C\C/C=C\C/C=C\C/C=C\CC. The van der Waals surface area contributed by atoms with Crippen LogP contribution in [0.25, 0.3) is 0 Å². The summed E-state index contributed by atoms with van der Waals surface area (Å²) >= 11 is 0. The molecule has 0 aliphatic carbocycles. The highest BCUT2D eigenvalue weighted by molar-refractivity contribution is 5.71. The Bertz CT molecular complexity index is 1890. The van der Waals surface area contributed by atoms with Crippen LogP contribution in [0.2, 0.25) is 0 Å². The number of allylic oxidation sites excluding steroid dienone is 28. The number of esters is 3. The Hall–Kier alpha value is -5.23. The number of unbranched alkanes of at least 4 members (excludes halogenated alkanes) is 20. The fourth-order valence-electron chi connectivity index (χ4n) is 8.71. The molecule has 0 heterocycles. The quantitative estimate of drug-likeness (QED) is 0.0261. The van der Waals surface area contributed by atoms with E-state index in [0.29, 0.717) is 19.3 Å². The molecular weight excluding hydrogens is 1020 g/mol. The van der Waals surface area contributed by atoms with Gasteiger partial charge in [0.25, 0.3) is 0 Å². The van der Waals surface area contributed by atoms with Crippen molar-refractivity contribution in [2.24, 2.45) is 0 Å². The molecule has 0 amide bonds. The first-order chi connectivity index (χ1) is 41.0. The van der Waals surface area contributed by atoms with E-state index in [0.717, 1.165) is 154 Å². The molecule has 1 unspecified atom stereocenters. The van der Waals surface area contributed by atoms with Crippen LogP contribution in [0.1, 0.15) is 278 Å². The van der Waals surface area contributed by atoms with Crippen molar-refractivity contribution in [3.63, 3.8) is 0 Å². The highest BCUT2D eigenvalue weighted by Crippen LogP contribution is 2.14. The van der Waals surface area contributed by atoms with E-state index in [9.17, 15) is 14.4 Å². The zero-order valence-electron chi connectivity index (χ0n) is 53.4. The van der Waals surface area contributed by atoms with E-state index in [2.05, 4.69) is 191 Å². The van der Waals surface area contributed by atoms with Crippen molar-refractivity contribution in [1.29, 1.82) is 0 Å². The lowest BCUT2D eigenvalue weighted by Gasteiger charge is -2.18. The van der Waals surface area contributed by atoms with Gasteiger partial charge in [0.1, 0.15) is 13.2 Å². The number of carbonyl (C=O) groups excluding carboxylic acids is 3. The van der Waals surface area contributed by atoms with Gasteiger partial charge in [0.05, 0.1) is 0 Å². The summed E-state index contributed by atoms with van der Waals surface area (Å²) < 4.78 is 16.9. The first-order valence-corrected chi connectivity index (χ1v) is 33.6. The molecule has 6 nitrogen and oxygen atoms in total. The highest BCUT2D eigenvalue weighted by Gasteiger charge is 2.19. The fourth-order valence-corrected chi connectivity index (χ4v) is 8.71. The molecule has 0 aromatic rings. The topological polar surface area (TPSA) is 78.9 Å². The van der Waals surface area contributed by atoms with Crippen LogP contribution in [-0.2, 0) is 28.6 Å². The maximum atomic E-state index is 12.9. The molecule has 466 valence electrons. The van der Waals surface area contributed by atoms with Gasteiger partial charge in [-0.25, -0.2) is 0 Å². The van der Waals surface area contributed by atoms with E-state index < -0.39 is 6.10 Å². The molecular formula is C77H122O6. The Kier molecular flexibility index (Phi) is 64.9. The molecule has 0 radical (unpaired) electrons. The highest BCUT2D eigenvalue weighted by atomic mass is 16.6. The minimum atomic E-state index is -0.817. The van der Waals surface area contributed by atoms with Gasteiger partial charge in [0.2, 0.25) is 0 Å². The predicted octanol–water partition coefficient (Wildman–Crippen LogP) is 23.4. The smallest absolute Gasteiger partial charge is 0.306 e. The van der Waals surface area contributed by atoms with Crippen molar-refractivity contribution >= 4 is 17.9 Å². The van der Waals surface area contributed by atoms with Crippen molar-refractivity contribution in [2.45, 2.75) is 284 Å². The van der Waals surface area contributed by atoms with Crippen molar-refractivity contribution in [3.05, 3.63) is 170 Å². The number of ether oxygens (including phenoxy) is 3. The van der Waals surface area contributed by atoms with Crippen molar-refractivity contribution in [2.75, 3.05) is 13.2 Å². The molecule has 0 bridgehead atoms. The molecule has 6 heteroatoms. The van der Waals surface area contributed by atoms with Crippen LogP contribution in [-0.4, -0.2) is 37.2 Å². The molecule has 0 saturated carbocycles. The lowest BCUT2D eigenvalue weighted by atomic mass is 10.1. The summed E-state index contributed by atoms with van der Waals surface area (Å²) in [6.45, 7) is 6.35. The number of hydrogen-bond donors (Lipinski definition) is 0. The van der Waals surface area contributed by atoms with Crippen molar-refractivity contribution < 1.29 is 28.6 Å². The number of rotatable bonds is 59. The third-order valence-electron chi connectivity index (χ3n) is 13.7. The Morgan fingerprint density at radius 1 is 0.253 bits per heavy atom. The summed E-state index contributed by atoms with van der Waals surface area (Å²) in [5.41, 5.74) is 0. The van der Waals surface area contributed by atoms with E-state index in [1.165, 1.54) is 77.0 Å². The van der Waals surface area contributed by atoms with E-state index in [1.54, 1.807) is 0 Å². The first-order valence-electron chi connectivity index (χ1n) is 33.6. The normalized spacial score (nSPS) is 13.2. The summed E-state index contributed by atoms with van der Waals surface area (Å²) in [6.07, 6.45) is 102. The van der Waals surface area contributed by atoms with Crippen LogP contribution in [0.5, 0.6) is 0 Å². The van der Waals surface area contributed by atoms with Gasteiger partial charge in [-0.1, -0.05) is 274 Å². The standard InChI is InChI=1S/C77H122O6/c1-4-7-10-13-16-19-22-25-27-29-31-33-34-35-36-37-38-39-40-41-42-44-45-47-49-52-55-58-61-64-67-70-76(79)82-73-74(72-81-75(78)69-66-63-60-57-54-51-24-21-18-15-12-9-6-3)83-77(80)71-68-65-62-59-56-53-50-48-46-43-32-30-28-26-23-20-17-14-11-8-5-2/h7-8,10-11,16-17,19-21,24-28,31-33,35-36,38-39,41-43,48,50,56,59,74H,4-6,9,12-15,18,22-23,29-30,34,37,40,44-47,49,51-55,57-58,60-73H2,1-3H3/b10-7-,11-8-,19-16-,20-17-,24-21-,27-25-,28-26-,33-31-,36-35-,39-38-,42-41-,43-32-,50-48-,59-56-. The predicted molar refractivity (Wildman–Crippen MR) is 361 cm³/mol.